The van der Waals surface area contributed by atoms with Gasteiger partial charge in [-0.1, -0.05) is 6.42 Å². The van der Waals surface area contributed by atoms with Crippen LogP contribution in [0.2, 0.25) is 0 Å². The number of nitrogens with one attached hydrogen (secondary N) is 1. The van der Waals surface area contributed by atoms with Gasteiger partial charge in [-0.25, -0.2) is 8.78 Å². The van der Waals surface area contributed by atoms with Crippen LogP contribution in [-0.4, -0.2) is 23.3 Å². The minimum Gasteiger partial charge on any atom is -0.390 e. The van der Waals surface area contributed by atoms with E-state index in [1.807, 2.05) is 0 Å². The first kappa shape index (κ1) is 15.9. The van der Waals surface area contributed by atoms with Crippen LogP contribution in [0.4, 0.5) is 8.78 Å². The number of hydrogen-bond acceptors (Lipinski definition) is 2. The number of aliphatic hydroxyl groups is 1. The van der Waals surface area contributed by atoms with Gasteiger partial charge in [-0.05, 0) is 60.8 Å². The number of benzene rings is 1. The lowest BCUT2D eigenvalue weighted by Gasteiger charge is -2.32. The van der Waals surface area contributed by atoms with Crippen molar-refractivity contribution in [2.45, 2.75) is 50.7 Å². The van der Waals surface area contributed by atoms with E-state index in [0.717, 1.165) is 25.8 Å². The van der Waals surface area contributed by atoms with Crippen molar-refractivity contribution in [1.29, 1.82) is 0 Å². The van der Waals surface area contributed by atoms with Crippen LogP contribution in [0.1, 0.15) is 38.2 Å². The highest BCUT2D eigenvalue weighted by Crippen LogP contribution is 2.28. The monoisotopic (exact) mass is 347 g/mol. The van der Waals surface area contributed by atoms with Gasteiger partial charge in [0.1, 0.15) is 11.6 Å². The summed E-state index contributed by atoms with van der Waals surface area (Å²) in [5.74, 6) is -1.23. The van der Waals surface area contributed by atoms with Crippen LogP contribution in [0.25, 0.3) is 0 Å². The van der Waals surface area contributed by atoms with Crippen molar-refractivity contribution in [1.82, 2.24) is 5.32 Å². The first-order chi connectivity index (χ1) is 9.39. The zero-order chi connectivity index (χ0) is 14.8. The number of hydrogen-bond donors (Lipinski definition) is 2. The molecule has 112 valence electrons. The molecule has 2 atom stereocenters. The van der Waals surface area contributed by atoms with Gasteiger partial charge in [0.25, 0.3) is 0 Å². The predicted octanol–water partition coefficient (Wildman–Crippen LogP) is 3.55. The third-order valence-corrected chi connectivity index (χ3v) is 4.41. The molecule has 1 aromatic rings. The van der Waals surface area contributed by atoms with Gasteiger partial charge in [-0.15, -0.1) is 0 Å². The number of rotatable bonds is 4. The average molecular weight is 348 g/mol. The fourth-order valence-electron chi connectivity index (χ4n) is 2.81. The molecule has 1 aliphatic rings. The van der Waals surface area contributed by atoms with Crippen molar-refractivity contribution >= 4 is 15.9 Å². The highest BCUT2D eigenvalue weighted by Gasteiger charge is 2.29. The molecule has 0 bridgehead atoms. The Morgan fingerprint density at radius 2 is 2.15 bits per heavy atom. The van der Waals surface area contributed by atoms with E-state index in [2.05, 4.69) is 21.2 Å². The van der Waals surface area contributed by atoms with Crippen LogP contribution >= 0.6 is 15.9 Å². The number of piperidine rings is 1. The second-order valence-corrected chi connectivity index (χ2v) is 6.70. The van der Waals surface area contributed by atoms with Gasteiger partial charge in [0.15, 0.2) is 0 Å². The summed E-state index contributed by atoms with van der Waals surface area (Å²) in [4.78, 5) is 0. The van der Waals surface area contributed by atoms with Gasteiger partial charge in [0.05, 0.1) is 10.1 Å². The SMILES string of the molecule is CC(O)(Cc1c(F)ccc(Br)c1F)CC1CCCCN1. The van der Waals surface area contributed by atoms with E-state index in [1.165, 1.54) is 12.1 Å². The molecule has 2 unspecified atom stereocenters. The molecule has 0 spiro atoms. The van der Waals surface area contributed by atoms with Gasteiger partial charge >= 0.3 is 0 Å². The van der Waals surface area contributed by atoms with Crippen LogP contribution in [0, 0.1) is 11.6 Å². The lowest BCUT2D eigenvalue weighted by atomic mass is 9.87. The van der Waals surface area contributed by atoms with E-state index in [4.69, 9.17) is 0 Å². The first-order valence-electron chi connectivity index (χ1n) is 6.97. The molecule has 0 amide bonds. The molecule has 2 nitrogen and oxygen atoms in total. The minimum absolute atomic E-state index is 0.0255. The van der Waals surface area contributed by atoms with E-state index < -0.39 is 17.2 Å². The second-order valence-electron chi connectivity index (χ2n) is 5.85. The van der Waals surface area contributed by atoms with E-state index in [1.54, 1.807) is 6.92 Å². The second kappa shape index (κ2) is 6.50. The summed E-state index contributed by atoms with van der Waals surface area (Å²) >= 11 is 3.05. The minimum atomic E-state index is -1.13. The Balaban J connectivity index is 2.09. The summed E-state index contributed by atoms with van der Waals surface area (Å²) in [5.41, 5.74) is -1.18. The lowest BCUT2D eigenvalue weighted by molar-refractivity contribution is 0.0355. The maximum Gasteiger partial charge on any atom is 0.143 e. The average Bonchev–Trinajstić information content (AvgIpc) is 2.40. The Morgan fingerprint density at radius 3 is 2.80 bits per heavy atom. The normalized spacial score (nSPS) is 22.6. The van der Waals surface area contributed by atoms with Crippen molar-refractivity contribution in [3.63, 3.8) is 0 Å². The maximum atomic E-state index is 14.0. The zero-order valence-corrected chi connectivity index (χ0v) is 13.1. The fourth-order valence-corrected chi connectivity index (χ4v) is 3.18. The van der Waals surface area contributed by atoms with Crippen LogP contribution in [0.5, 0.6) is 0 Å². The summed E-state index contributed by atoms with van der Waals surface area (Å²) in [6.07, 6.45) is 3.75. The fraction of sp³-hybridized carbons (Fsp3) is 0.600. The summed E-state index contributed by atoms with van der Waals surface area (Å²) in [6, 6.07) is 2.78. The van der Waals surface area contributed by atoms with Crippen LogP contribution in [0.15, 0.2) is 16.6 Å². The Bertz CT molecular complexity index is 473. The van der Waals surface area contributed by atoms with Crippen molar-refractivity contribution < 1.29 is 13.9 Å². The summed E-state index contributed by atoms with van der Waals surface area (Å²) in [7, 11) is 0. The number of halogens is 3. The summed E-state index contributed by atoms with van der Waals surface area (Å²) < 4.78 is 27.9. The van der Waals surface area contributed by atoms with E-state index in [-0.39, 0.29) is 22.5 Å². The van der Waals surface area contributed by atoms with Gasteiger partial charge < -0.3 is 10.4 Å². The largest absolute Gasteiger partial charge is 0.390 e. The molecular formula is C15H20BrF2NO. The molecule has 1 aromatic carbocycles. The predicted molar refractivity (Wildman–Crippen MR) is 78.6 cm³/mol. The van der Waals surface area contributed by atoms with Crippen LogP contribution in [-0.2, 0) is 6.42 Å². The Hall–Kier alpha value is -0.520. The molecule has 0 saturated carbocycles. The standard InChI is InChI=1S/C15H20BrF2NO/c1-15(20,8-10-4-2-3-7-19-10)9-11-13(17)6-5-12(16)14(11)18/h5-6,10,19-20H,2-4,7-9H2,1H3. The highest BCUT2D eigenvalue weighted by atomic mass is 79.9. The molecule has 1 fully saturated rings. The summed E-state index contributed by atoms with van der Waals surface area (Å²) in [5, 5.41) is 13.8. The molecule has 5 heteroatoms. The van der Waals surface area contributed by atoms with E-state index in [0.29, 0.717) is 6.42 Å². The van der Waals surface area contributed by atoms with Gasteiger partial charge in [0.2, 0.25) is 0 Å². The van der Waals surface area contributed by atoms with Crippen LogP contribution < -0.4 is 5.32 Å². The molecule has 1 aliphatic heterocycles. The zero-order valence-electron chi connectivity index (χ0n) is 11.6. The molecule has 0 aliphatic carbocycles. The van der Waals surface area contributed by atoms with Crippen molar-refractivity contribution in [3.8, 4) is 0 Å². The summed E-state index contributed by atoms with van der Waals surface area (Å²) in [6.45, 7) is 2.59. The molecule has 2 N–H and O–H groups in total. The maximum absolute atomic E-state index is 14.0. The van der Waals surface area contributed by atoms with Crippen molar-refractivity contribution in [3.05, 3.63) is 33.8 Å². The molecule has 1 heterocycles. The molecular weight excluding hydrogens is 328 g/mol. The molecule has 1 saturated heterocycles. The Kier molecular flexibility index (Phi) is 5.15. The topological polar surface area (TPSA) is 32.3 Å². The smallest absolute Gasteiger partial charge is 0.143 e. The highest BCUT2D eigenvalue weighted by molar-refractivity contribution is 9.10. The van der Waals surface area contributed by atoms with E-state index in [9.17, 15) is 13.9 Å². The third-order valence-electron chi connectivity index (χ3n) is 3.80. The quantitative estimate of drug-likeness (QED) is 0.816. The molecule has 20 heavy (non-hydrogen) atoms. The third kappa shape index (κ3) is 3.99. The Labute approximate surface area is 126 Å². The molecule has 0 aromatic heterocycles. The van der Waals surface area contributed by atoms with Gasteiger partial charge in [-0.3, -0.25) is 0 Å². The van der Waals surface area contributed by atoms with Crippen molar-refractivity contribution in [2.75, 3.05) is 6.54 Å². The molecule has 0 radical (unpaired) electrons. The van der Waals surface area contributed by atoms with Gasteiger partial charge in [-0.2, -0.15) is 0 Å². The van der Waals surface area contributed by atoms with Crippen molar-refractivity contribution in [2.24, 2.45) is 0 Å². The van der Waals surface area contributed by atoms with E-state index >= 15 is 0 Å². The lowest BCUT2D eigenvalue weighted by Crippen LogP contribution is -2.42. The Morgan fingerprint density at radius 1 is 1.40 bits per heavy atom. The van der Waals surface area contributed by atoms with Gasteiger partial charge in [0, 0.05) is 18.0 Å². The molecule has 2 rings (SSSR count). The van der Waals surface area contributed by atoms with Crippen LogP contribution in [0.3, 0.4) is 0 Å². The first-order valence-corrected chi connectivity index (χ1v) is 7.76.